The number of benzene rings is 1. The van der Waals surface area contributed by atoms with E-state index in [0.29, 0.717) is 36.7 Å². The number of aromatic nitrogens is 2. The molecule has 1 aromatic heterocycles. The topological polar surface area (TPSA) is 66.6 Å². The second-order valence-corrected chi connectivity index (χ2v) is 6.76. The molecule has 0 radical (unpaired) electrons. The van der Waals surface area contributed by atoms with Crippen LogP contribution >= 0.6 is 0 Å². The van der Waals surface area contributed by atoms with Crippen molar-refractivity contribution in [2.45, 2.75) is 39.0 Å². The van der Waals surface area contributed by atoms with Gasteiger partial charge in [0.25, 0.3) is 0 Å². The van der Waals surface area contributed by atoms with Crippen molar-refractivity contribution >= 4 is 0 Å². The summed E-state index contributed by atoms with van der Waals surface area (Å²) in [5, 5.41) is 8.38. The molecule has 0 bridgehead atoms. The van der Waals surface area contributed by atoms with Crippen molar-refractivity contribution < 1.29 is 18.6 Å². The van der Waals surface area contributed by atoms with Gasteiger partial charge in [0, 0.05) is 12.2 Å². The van der Waals surface area contributed by atoms with E-state index < -0.39 is 0 Å². The number of rotatable bonds is 7. The summed E-state index contributed by atoms with van der Waals surface area (Å²) in [6, 6.07) is 5.68. The highest BCUT2D eigenvalue weighted by Gasteiger charge is 2.22. The van der Waals surface area contributed by atoms with Gasteiger partial charge in [-0.15, -0.1) is 10.2 Å². The van der Waals surface area contributed by atoms with Crippen LogP contribution in [0.4, 0.5) is 0 Å². The van der Waals surface area contributed by atoms with Crippen molar-refractivity contribution in [3.63, 3.8) is 0 Å². The highest BCUT2D eigenvalue weighted by atomic mass is 16.5. The van der Waals surface area contributed by atoms with E-state index in [4.69, 9.17) is 18.6 Å². The molecule has 25 heavy (non-hydrogen) atoms. The summed E-state index contributed by atoms with van der Waals surface area (Å²) in [5.41, 5.74) is 0.823. The van der Waals surface area contributed by atoms with Gasteiger partial charge in [-0.25, -0.2) is 0 Å². The summed E-state index contributed by atoms with van der Waals surface area (Å²) < 4.78 is 22.6. The van der Waals surface area contributed by atoms with Crippen molar-refractivity contribution in [3.8, 4) is 23.0 Å². The van der Waals surface area contributed by atoms with E-state index >= 15 is 0 Å². The third-order valence-corrected chi connectivity index (χ3v) is 4.31. The van der Waals surface area contributed by atoms with Gasteiger partial charge in [-0.3, -0.25) is 0 Å². The Hall–Kier alpha value is -2.08. The number of hydrogen-bond donors (Lipinski definition) is 0. The third-order valence-electron chi connectivity index (χ3n) is 4.31. The van der Waals surface area contributed by atoms with E-state index in [9.17, 15) is 0 Å². The van der Waals surface area contributed by atoms with Gasteiger partial charge in [-0.1, -0.05) is 13.8 Å². The molecule has 0 spiro atoms. The van der Waals surface area contributed by atoms with E-state index in [2.05, 4.69) is 24.0 Å². The summed E-state index contributed by atoms with van der Waals surface area (Å²) in [4.78, 5) is 0. The van der Waals surface area contributed by atoms with E-state index in [-0.39, 0.29) is 5.92 Å². The molecule has 0 saturated carbocycles. The lowest BCUT2D eigenvalue weighted by Crippen LogP contribution is -2.15. The van der Waals surface area contributed by atoms with Crippen LogP contribution in [0.15, 0.2) is 22.6 Å². The van der Waals surface area contributed by atoms with Crippen molar-refractivity contribution in [2.24, 2.45) is 5.92 Å². The average Bonchev–Trinajstić information content (AvgIpc) is 3.12. The summed E-state index contributed by atoms with van der Waals surface area (Å²) in [6.07, 6.45) is 3.05. The molecule has 0 aliphatic carbocycles. The van der Waals surface area contributed by atoms with Crippen LogP contribution in [-0.4, -0.2) is 37.1 Å². The Labute approximate surface area is 148 Å². The Morgan fingerprint density at radius 3 is 2.84 bits per heavy atom. The highest BCUT2D eigenvalue weighted by Crippen LogP contribution is 2.33. The van der Waals surface area contributed by atoms with Crippen molar-refractivity contribution in [3.05, 3.63) is 24.1 Å². The van der Waals surface area contributed by atoms with Crippen molar-refractivity contribution in [1.82, 2.24) is 10.2 Å². The molecule has 1 aliphatic rings. The minimum Gasteiger partial charge on any atom is -0.493 e. The predicted molar refractivity (Wildman–Crippen MR) is 94.0 cm³/mol. The first-order valence-electron chi connectivity index (χ1n) is 8.89. The standard InChI is InChI=1S/C19H26N2O4/c1-13(2)8-10-24-16-7-6-14(11-17(16)22-3)18-20-21-19(25-18)15-5-4-9-23-12-15/h6-7,11,13,15H,4-5,8-10,12H2,1-3H3/t15-/m0/s1. The Balaban J connectivity index is 1.73. The van der Waals surface area contributed by atoms with E-state index in [1.54, 1.807) is 7.11 Å². The second-order valence-electron chi connectivity index (χ2n) is 6.76. The zero-order valence-corrected chi connectivity index (χ0v) is 15.2. The molecular formula is C19H26N2O4. The van der Waals surface area contributed by atoms with Gasteiger partial charge in [0.05, 0.1) is 26.2 Å². The Morgan fingerprint density at radius 1 is 1.24 bits per heavy atom. The van der Waals surface area contributed by atoms with Gasteiger partial charge < -0.3 is 18.6 Å². The van der Waals surface area contributed by atoms with E-state index in [0.717, 1.165) is 37.2 Å². The maximum atomic E-state index is 5.86. The summed E-state index contributed by atoms with van der Waals surface area (Å²) in [5.74, 6) is 3.33. The molecule has 6 nitrogen and oxygen atoms in total. The van der Waals surface area contributed by atoms with Gasteiger partial charge in [-0.2, -0.15) is 0 Å². The fourth-order valence-electron chi connectivity index (χ4n) is 2.78. The first kappa shape index (κ1) is 17.7. The largest absolute Gasteiger partial charge is 0.493 e. The number of methoxy groups -OCH3 is 1. The van der Waals surface area contributed by atoms with Gasteiger partial charge in [-0.05, 0) is 43.4 Å². The molecule has 1 aromatic carbocycles. The zero-order chi connectivity index (χ0) is 17.6. The van der Waals surface area contributed by atoms with Crippen LogP contribution in [0.5, 0.6) is 11.5 Å². The molecule has 136 valence electrons. The smallest absolute Gasteiger partial charge is 0.247 e. The number of hydrogen-bond acceptors (Lipinski definition) is 6. The lowest BCUT2D eigenvalue weighted by Gasteiger charge is -2.18. The van der Waals surface area contributed by atoms with Crippen molar-refractivity contribution in [2.75, 3.05) is 26.9 Å². The molecule has 0 unspecified atom stereocenters. The molecular weight excluding hydrogens is 320 g/mol. The molecule has 1 saturated heterocycles. The Morgan fingerprint density at radius 2 is 2.12 bits per heavy atom. The molecule has 2 aromatic rings. The molecule has 1 aliphatic heterocycles. The van der Waals surface area contributed by atoms with Crippen LogP contribution in [0, 0.1) is 5.92 Å². The monoisotopic (exact) mass is 346 g/mol. The highest BCUT2D eigenvalue weighted by molar-refractivity contribution is 5.59. The summed E-state index contributed by atoms with van der Waals surface area (Å²) in [6.45, 7) is 6.47. The second kappa shape index (κ2) is 8.34. The lowest BCUT2D eigenvalue weighted by molar-refractivity contribution is 0.0727. The number of nitrogens with zero attached hydrogens (tertiary/aromatic N) is 2. The lowest BCUT2D eigenvalue weighted by atomic mass is 10.0. The molecule has 6 heteroatoms. The normalized spacial score (nSPS) is 17.7. The van der Waals surface area contributed by atoms with Gasteiger partial charge in [0.1, 0.15) is 0 Å². The maximum Gasteiger partial charge on any atom is 0.247 e. The Bertz CT molecular complexity index is 678. The van der Waals surface area contributed by atoms with Gasteiger partial charge >= 0.3 is 0 Å². The molecule has 1 fully saturated rings. The van der Waals surface area contributed by atoms with Crippen LogP contribution < -0.4 is 9.47 Å². The first-order valence-corrected chi connectivity index (χ1v) is 8.89. The SMILES string of the molecule is COc1cc(-c2nnc([C@H]3CCCOC3)o2)ccc1OCCC(C)C. The molecule has 2 heterocycles. The van der Waals surface area contributed by atoms with E-state index in [1.165, 1.54) is 0 Å². The minimum atomic E-state index is 0.190. The third kappa shape index (κ3) is 4.51. The fraction of sp³-hybridized carbons (Fsp3) is 0.579. The molecule has 1 atom stereocenters. The fourth-order valence-corrected chi connectivity index (χ4v) is 2.78. The summed E-state index contributed by atoms with van der Waals surface area (Å²) in [7, 11) is 1.63. The average molecular weight is 346 g/mol. The van der Waals surface area contributed by atoms with Crippen LogP contribution in [0.3, 0.4) is 0 Å². The summed E-state index contributed by atoms with van der Waals surface area (Å²) >= 11 is 0. The molecule has 0 N–H and O–H groups in total. The molecule has 0 amide bonds. The van der Waals surface area contributed by atoms with Crippen LogP contribution in [0.1, 0.15) is 44.9 Å². The molecule has 3 rings (SSSR count). The van der Waals surface area contributed by atoms with Gasteiger partial charge in [0.15, 0.2) is 11.5 Å². The quantitative estimate of drug-likeness (QED) is 0.753. The maximum absolute atomic E-state index is 5.86. The predicted octanol–water partition coefficient (Wildman–Crippen LogP) is 4.06. The van der Waals surface area contributed by atoms with Crippen LogP contribution in [0.2, 0.25) is 0 Å². The first-order chi connectivity index (χ1) is 12.2. The van der Waals surface area contributed by atoms with Crippen LogP contribution in [-0.2, 0) is 4.74 Å². The van der Waals surface area contributed by atoms with Crippen LogP contribution in [0.25, 0.3) is 11.5 Å². The van der Waals surface area contributed by atoms with Gasteiger partial charge in [0.2, 0.25) is 11.8 Å². The Kier molecular flexibility index (Phi) is 5.91. The zero-order valence-electron chi connectivity index (χ0n) is 15.2. The minimum absolute atomic E-state index is 0.190. The van der Waals surface area contributed by atoms with Crippen molar-refractivity contribution in [1.29, 1.82) is 0 Å². The number of ether oxygens (including phenoxy) is 3. The van der Waals surface area contributed by atoms with E-state index in [1.807, 2.05) is 18.2 Å².